The number of nitrogens with zero attached hydrogens (tertiary/aromatic N) is 1. The van der Waals surface area contributed by atoms with Crippen LogP contribution in [0, 0.1) is 11.3 Å². The Bertz CT molecular complexity index is 877. The van der Waals surface area contributed by atoms with Crippen LogP contribution in [0.4, 0.5) is 0 Å². The highest BCUT2D eigenvalue weighted by molar-refractivity contribution is 5.80. The number of hydrogen-bond acceptors (Lipinski definition) is 3. The highest BCUT2D eigenvalue weighted by Crippen LogP contribution is 2.18. The van der Waals surface area contributed by atoms with Crippen LogP contribution in [0.5, 0.6) is 5.75 Å². The largest absolute Gasteiger partial charge is 0.489 e. The molecule has 0 aliphatic rings. The smallest absolute Gasteiger partial charge is 0.207 e. The van der Waals surface area contributed by atoms with Gasteiger partial charge in [-0.15, -0.1) is 0 Å². The van der Waals surface area contributed by atoms with Crippen LogP contribution in [-0.2, 0) is 6.61 Å². The van der Waals surface area contributed by atoms with E-state index in [0.29, 0.717) is 23.3 Å². The second-order valence-electron chi connectivity index (χ2n) is 4.62. The Morgan fingerprint density at radius 2 is 1.95 bits per heavy atom. The van der Waals surface area contributed by atoms with Gasteiger partial charge in [0.05, 0.1) is 5.39 Å². The van der Waals surface area contributed by atoms with Gasteiger partial charge in [0.15, 0.2) is 0 Å². The fourth-order valence-electron chi connectivity index (χ4n) is 2.11. The molecule has 0 aliphatic heterocycles. The fraction of sp³-hybridized carbons (Fsp3) is 0.0588. The number of pyridine rings is 1. The minimum absolute atomic E-state index is 0.0997. The average molecular weight is 276 g/mol. The number of nitriles is 1. The topological polar surface area (TPSA) is 65.9 Å². The molecule has 3 rings (SSSR count). The predicted octanol–water partition coefficient (Wildman–Crippen LogP) is 2.98. The molecular formula is C17H12N2O2. The van der Waals surface area contributed by atoms with Crippen molar-refractivity contribution in [1.82, 2.24) is 4.98 Å². The van der Waals surface area contributed by atoms with Crippen LogP contribution in [0.1, 0.15) is 11.1 Å². The number of aromatic nitrogens is 1. The number of nitrogens with one attached hydrogen (secondary N) is 1. The lowest BCUT2D eigenvalue weighted by molar-refractivity contribution is 0.306. The molecule has 1 aromatic heterocycles. The van der Waals surface area contributed by atoms with Crippen LogP contribution in [0.3, 0.4) is 0 Å². The Hall–Kier alpha value is -3.06. The Balaban J connectivity index is 1.92. The molecule has 102 valence electrons. The first-order chi connectivity index (χ1) is 10.3. The first kappa shape index (κ1) is 12.9. The second-order valence-corrected chi connectivity index (χ2v) is 4.62. The molecule has 21 heavy (non-hydrogen) atoms. The van der Waals surface area contributed by atoms with Crippen molar-refractivity contribution in [3.63, 3.8) is 0 Å². The van der Waals surface area contributed by atoms with Crippen LogP contribution in [0.25, 0.3) is 10.9 Å². The molecule has 4 nitrogen and oxygen atoms in total. The van der Waals surface area contributed by atoms with Gasteiger partial charge < -0.3 is 9.72 Å². The summed E-state index contributed by atoms with van der Waals surface area (Å²) in [6.07, 6.45) is 1.43. The molecule has 0 spiro atoms. The number of hydrogen-bond donors (Lipinski definition) is 1. The quantitative estimate of drug-likeness (QED) is 0.799. The minimum atomic E-state index is -0.281. The van der Waals surface area contributed by atoms with E-state index in [1.165, 1.54) is 6.20 Å². The van der Waals surface area contributed by atoms with Crippen molar-refractivity contribution in [2.24, 2.45) is 0 Å². The van der Waals surface area contributed by atoms with Crippen LogP contribution in [0.2, 0.25) is 0 Å². The van der Waals surface area contributed by atoms with E-state index in [1.54, 1.807) is 18.2 Å². The average Bonchev–Trinajstić information content (AvgIpc) is 2.54. The first-order valence-corrected chi connectivity index (χ1v) is 6.50. The molecule has 0 fully saturated rings. The Labute approximate surface area is 121 Å². The number of fused-ring (bicyclic) bond motifs is 1. The van der Waals surface area contributed by atoms with Gasteiger partial charge in [-0.1, -0.05) is 30.3 Å². The van der Waals surface area contributed by atoms with E-state index in [0.717, 1.165) is 5.56 Å². The molecule has 0 atom stereocenters. The van der Waals surface area contributed by atoms with Gasteiger partial charge in [-0.25, -0.2) is 0 Å². The lowest BCUT2D eigenvalue weighted by atomic mass is 10.1. The van der Waals surface area contributed by atoms with E-state index in [-0.39, 0.29) is 11.0 Å². The van der Waals surface area contributed by atoms with E-state index < -0.39 is 0 Å². The summed E-state index contributed by atoms with van der Waals surface area (Å²) in [6.45, 7) is 0.433. The molecule has 0 saturated heterocycles. The zero-order valence-electron chi connectivity index (χ0n) is 11.2. The zero-order valence-corrected chi connectivity index (χ0v) is 11.2. The maximum absolute atomic E-state index is 12.1. The van der Waals surface area contributed by atoms with Gasteiger partial charge >= 0.3 is 0 Å². The molecule has 0 radical (unpaired) electrons. The molecule has 0 amide bonds. The van der Waals surface area contributed by atoms with E-state index in [9.17, 15) is 4.79 Å². The third kappa shape index (κ3) is 2.63. The first-order valence-electron chi connectivity index (χ1n) is 6.50. The van der Waals surface area contributed by atoms with Crippen LogP contribution in [0.15, 0.2) is 59.5 Å². The highest BCUT2D eigenvalue weighted by Gasteiger charge is 2.06. The summed E-state index contributed by atoms with van der Waals surface area (Å²) >= 11 is 0. The lowest BCUT2D eigenvalue weighted by Gasteiger charge is -2.07. The molecule has 0 bridgehead atoms. The third-order valence-electron chi connectivity index (χ3n) is 3.22. The standard InChI is InChI=1S/C17H12N2O2/c18-9-13-10-19-16-7-6-14(8-15(16)17(13)20)21-11-12-4-2-1-3-5-12/h1-8,10H,11H2,(H,19,20). The van der Waals surface area contributed by atoms with Gasteiger partial charge in [0, 0.05) is 11.7 Å². The highest BCUT2D eigenvalue weighted by atomic mass is 16.5. The summed E-state index contributed by atoms with van der Waals surface area (Å²) in [4.78, 5) is 15.0. The Kier molecular flexibility index (Phi) is 3.40. The molecule has 1 N–H and O–H groups in total. The van der Waals surface area contributed by atoms with Crippen LogP contribution < -0.4 is 10.2 Å². The fourth-order valence-corrected chi connectivity index (χ4v) is 2.11. The SMILES string of the molecule is N#Cc1c[nH]c2ccc(OCc3ccccc3)cc2c1=O. The molecular weight excluding hydrogens is 264 g/mol. The van der Waals surface area contributed by atoms with E-state index in [4.69, 9.17) is 10.00 Å². The molecule has 0 saturated carbocycles. The van der Waals surface area contributed by atoms with Crippen molar-refractivity contribution < 1.29 is 4.74 Å². The second kappa shape index (κ2) is 5.51. The van der Waals surface area contributed by atoms with Crippen molar-refractivity contribution >= 4 is 10.9 Å². The summed E-state index contributed by atoms with van der Waals surface area (Å²) in [5.41, 5.74) is 1.56. The van der Waals surface area contributed by atoms with Gasteiger partial charge in [0.1, 0.15) is 24.0 Å². The van der Waals surface area contributed by atoms with E-state index in [2.05, 4.69) is 4.98 Å². The Morgan fingerprint density at radius 3 is 2.71 bits per heavy atom. The van der Waals surface area contributed by atoms with E-state index >= 15 is 0 Å². The van der Waals surface area contributed by atoms with Crippen molar-refractivity contribution in [1.29, 1.82) is 5.26 Å². The van der Waals surface area contributed by atoms with E-state index in [1.807, 2.05) is 36.4 Å². The molecule has 1 heterocycles. The summed E-state index contributed by atoms with van der Waals surface area (Å²) in [5, 5.41) is 9.36. The molecule has 0 aliphatic carbocycles. The van der Waals surface area contributed by atoms with Crippen molar-refractivity contribution in [2.75, 3.05) is 0 Å². The summed E-state index contributed by atoms with van der Waals surface area (Å²) in [6, 6.07) is 16.9. The summed E-state index contributed by atoms with van der Waals surface area (Å²) in [7, 11) is 0. The van der Waals surface area contributed by atoms with Crippen molar-refractivity contribution in [3.8, 4) is 11.8 Å². The summed E-state index contributed by atoms with van der Waals surface area (Å²) < 4.78 is 5.69. The Morgan fingerprint density at radius 1 is 1.14 bits per heavy atom. The number of benzene rings is 2. The van der Waals surface area contributed by atoms with Gasteiger partial charge in [-0.3, -0.25) is 4.79 Å². The molecule has 2 aromatic carbocycles. The number of rotatable bonds is 3. The van der Waals surface area contributed by atoms with Gasteiger partial charge in [0.2, 0.25) is 5.43 Å². The number of aromatic amines is 1. The summed E-state index contributed by atoms with van der Waals surface area (Å²) in [5.74, 6) is 0.604. The van der Waals surface area contributed by atoms with Gasteiger partial charge in [-0.05, 0) is 23.8 Å². The molecule has 3 aromatic rings. The maximum atomic E-state index is 12.1. The zero-order chi connectivity index (χ0) is 14.7. The third-order valence-corrected chi connectivity index (χ3v) is 3.22. The van der Waals surface area contributed by atoms with Crippen molar-refractivity contribution in [3.05, 3.63) is 76.1 Å². The number of H-pyrrole nitrogens is 1. The van der Waals surface area contributed by atoms with Crippen LogP contribution >= 0.6 is 0 Å². The maximum Gasteiger partial charge on any atom is 0.207 e. The van der Waals surface area contributed by atoms with Crippen LogP contribution in [-0.4, -0.2) is 4.98 Å². The van der Waals surface area contributed by atoms with Crippen molar-refractivity contribution in [2.45, 2.75) is 6.61 Å². The minimum Gasteiger partial charge on any atom is -0.489 e. The van der Waals surface area contributed by atoms with Gasteiger partial charge in [-0.2, -0.15) is 5.26 Å². The lowest BCUT2D eigenvalue weighted by Crippen LogP contribution is -2.07. The molecule has 0 unspecified atom stereocenters. The number of ether oxygens (including phenoxy) is 1. The molecule has 4 heteroatoms. The predicted molar refractivity (Wildman–Crippen MR) is 80.1 cm³/mol. The normalized spacial score (nSPS) is 10.2. The van der Waals surface area contributed by atoms with Gasteiger partial charge in [0.25, 0.3) is 0 Å². The monoisotopic (exact) mass is 276 g/mol.